The van der Waals surface area contributed by atoms with Gasteiger partial charge in [0, 0.05) is 5.69 Å². The van der Waals surface area contributed by atoms with E-state index in [1.54, 1.807) is 0 Å². The van der Waals surface area contributed by atoms with Crippen molar-refractivity contribution in [2.24, 2.45) is 0 Å². The molecule has 0 fully saturated rings. The number of hydrogen-bond donors (Lipinski definition) is 1. The largest absolute Gasteiger partial charge is 0.453 e. The van der Waals surface area contributed by atoms with Crippen molar-refractivity contribution < 1.29 is 9.53 Å². The van der Waals surface area contributed by atoms with Crippen LogP contribution in [0, 0.1) is 6.92 Å². The second-order valence-electron chi connectivity index (χ2n) is 2.48. The van der Waals surface area contributed by atoms with Gasteiger partial charge in [-0.05, 0) is 19.1 Å². The highest BCUT2D eigenvalue weighted by molar-refractivity contribution is 5.84. The highest BCUT2D eigenvalue weighted by Crippen LogP contribution is 2.08. The smallest absolute Gasteiger partial charge is 0.411 e. The second-order valence-corrected chi connectivity index (χ2v) is 2.48. The Morgan fingerprint density at radius 1 is 1.06 bits per heavy atom. The van der Waals surface area contributed by atoms with Gasteiger partial charge in [0.05, 0.1) is 7.11 Å². The normalized spacial score (nSPS) is 7.62. The topological polar surface area (TPSA) is 38.3 Å². The molecule has 1 aromatic carbocycles. The van der Waals surface area contributed by atoms with Gasteiger partial charge in [0.15, 0.2) is 0 Å². The maximum Gasteiger partial charge on any atom is 0.411 e. The molecule has 92 valence electrons. The fourth-order valence-corrected chi connectivity index (χ4v) is 0.806. The molecule has 16 heavy (non-hydrogen) atoms. The molecule has 1 aromatic rings. The number of rotatable bonds is 1. The van der Waals surface area contributed by atoms with Crippen molar-refractivity contribution in [2.75, 3.05) is 12.4 Å². The number of amides is 1. The molecule has 0 aliphatic heterocycles. The number of methoxy groups -OCH3 is 1. The lowest BCUT2D eigenvalue weighted by Gasteiger charge is -2.02. The number of carbonyl (C=O) groups excluding carboxylic acids is 1. The predicted molar refractivity (Wildman–Crippen MR) is 69.9 cm³/mol. The van der Waals surface area contributed by atoms with Crippen LogP contribution in [0.5, 0.6) is 0 Å². The van der Waals surface area contributed by atoms with E-state index in [2.05, 4.69) is 10.1 Å². The summed E-state index contributed by atoms with van der Waals surface area (Å²) < 4.78 is 4.43. The maximum absolute atomic E-state index is 10.7. The number of aryl methyl sites for hydroxylation is 1. The van der Waals surface area contributed by atoms with E-state index < -0.39 is 6.09 Å². The fraction of sp³-hybridized carbons (Fsp3) is 0.462. The lowest BCUT2D eigenvalue weighted by molar-refractivity contribution is 0.187. The van der Waals surface area contributed by atoms with E-state index in [-0.39, 0.29) is 0 Å². The van der Waals surface area contributed by atoms with E-state index in [1.165, 1.54) is 7.11 Å². The van der Waals surface area contributed by atoms with Crippen LogP contribution in [0.2, 0.25) is 0 Å². The Bertz CT molecular complexity index is 268. The van der Waals surface area contributed by atoms with Crippen LogP contribution in [0.3, 0.4) is 0 Å². The van der Waals surface area contributed by atoms with Gasteiger partial charge in [0.25, 0.3) is 0 Å². The van der Waals surface area contributed by atoms with Gasteiger partial charge in [-0.1, -0.05) is 45.4 Å². The van der Waals surface area contributed by atoms with Crippen LogP contribution in [-0.2, 0) is 4.74 Å². The third-order valence-electron chi connectivity index (χ3n) is 1.48. The molecule has 0 aliphatic carbocycles. The van der Waals surface area contributed by atoms with Gasteiger partial charge >= 0.3 is 6.09 Å². The van der Waals surface area contributed by atoms with E-state index in [4.69, 9.17) is 0 Å². The molecule has 3 heteroatoms. The van der Waals surface area contributed by atoms with Crippen molar-refractivity contribution in [3.63, 3.8) is 0 Å². The number of benzene rings is 1. The zero-order chi connectivity index (χ0) is 13.0. The molecule has 0 aromatic heterocycles. The molecule has 0 saturated heterocycles. The Morgan fingerprint density at radius 3 is 1.88 bits per heavy atom. The SMILES string of the molecule is CC.CC.COC(=O)Nc1ccc(C)cc1. The number of nitrogens with one attached hydrogen (secondary N) is 1. The van der Waals surface area contributed by atoms with E-state index in [9.17, 15) is 4.79 Å². The molecule has 0 bridgehead atoms. The summed E-state index contributed by atoms with van der Waals surface area (Å²) in [5.74, 6) is 0. The average molecular weight is 225 g/mol. The van der Waals surface area contributed by atoms with Gasteiger partial charge in [-0.2, -0.15) is 0 Å². The molecule has 0 aliphatic rings. The number of carbonyl (C=O) groups is 1. The van der Waals surface area contributed by atoms with E-state index in [0.29, 0.717) is 0 Å². The van der Waals surface area contributed by atoms with Crippen molar-refractivity contribution >= 4 is 11.8 Å². The molecule has 3 nitrogen and oxygen atoms in total. The zero-order valence-corrected chi connectivity index (χ0v) is 11.1. The van der Waals surface area contributed by atoms with Crippen LogP contribution in [-0.4, -0.2) is 13.2 Å². The lowest BCUT2D eigenvalue weighted by atomic mass is 10.2. The van der Waals surface area contributed by atoms with Crippen molar-refractivity contribution in [2.45, 2.75) is 34.6 Å². The minimum absolute atomic E-state index is 0.446. The maximum atomic E-state index is 10.7. The predicted octanol–water partition coefficient (Wildman–Crippen LogP) is 4.23. The Kier molecular flexibility index (Phi) is 12.2. The molecule has 0 heterocycles. The molecule has 0 radical (unpaired) electrons. The molecular formula is C13H23NO2. The number of hydrogen-bond acceptors (Lipinski definition) is 2. The van der Waals surface area contributed by atoms with Gasteiger partial charge in [-0.15, -0.1) is 0 Å². The quantitative estimate of drug-likeness (QED) is 0.776. The van der Waals surface area contributed by atoms with Crippen LogP contribution >= 0.6 is 0 Å². The van der Waals surface area contributed by atoms with Gasteiger partial charge in [0.1, 0.15) is 0 Å². The minimum Gasteiger partial charge on any atom is -0.453 e. The zero-order valence-electron chi connectivity index (χ0n) is 11.1. The number of anilines is 1. The first-order chi connectivity index (χ1) is 7.72. The summed E-state index contributed by atoms with van der Waals surface area (Å²) >= 11 is 0. The summed E-state index contributed by atoms with van der Waals surface area (Å²) in [5.41, 5.74) is 1.90. The molecule has 0 unspecified atom stereocenters. The summed E-state index contributed by atoms with van der Waals surface area (Å²) in [6.07, 6.45) is -0.446. The highest BCUT2D eigenvalue weighted by Gasteiger charge is 1.97. The van der Waals surface area contributed by atoms with Crippen LogP contribution in [0.25, 0.3) is 0 Å². The molecule has 1 amide bonds. The van der Waals surface area contributed by atoms with Crippen molar-refractivity contribution in [3.05, 3.63) is 29.8 Å². The monoisotopic (exact) mass is 225 g/mol. The fourth-order valence-electron chi connectivity index (χ4n) is 0.806. The highest BCUT2D eigenvalue weighted by atomic mass is 16.5. The summed E-state index contributed by atoms with van der Waals surface area (Å²) in [5, 5.41) is 2.56. The second kappa shape index (κ2) is 11.6. The van der Waals surface area contributed by atoms with Crippen molar-refractivity contribution in [1.82, 2.24) is 0 Å². The third kappa shape index (κ3) is 7.85. The summed E-state index contributed by atoms with van der Waals surface area (Å²) in [4.78, 5) is 10.7. The average Bonchev–Trinajstić information content (AvgIpc) is 2.37. The van der Waals surface area contributed by atoms with Gasteiger partial charge in [-0.3, -0.25) is 5.32 Å². The van der Waals surface area contributed by atoms with Crippen LogP contribution in [0.1, 0.15) is 33.3 Å². The lowest BCUT2D eigenvalue weighted by Crippen LogP contribution is -2.10. The molecule has 0 saturated carbocycles. The summed E-state index contributed by atoms with van der Waals surface area (Å²) in [6, 6.07) is 7.50. The standard InChI is InChI=1S/C9H11NO2.2C2H6/c1-7-3-5-8(6-4-7)10-9(11)12-2;2*1-2/h3-6H,1-2H3,(H,10,11);2*1-2H3. The molecule has 0 atom stereocenters. The van der Waals surface area contributed by atoms with E-state index in [0.717, 1.165) is 11.3 Å². The first-order valence-corrected chi connectivity index (χ1v) is 5.64. The number of ether oxygens (including phenoxy) is 1. The van der Waals surface area contributed by atoms with Crippen LogP contribution in [0.4, 0.5) is 10.5 Å². The third-order valence-corrected chi connectivity index (χ3v) is 1.48. The van der Waals surface area contributed by atoms with Crippen LogP contribution in [0.15, 0.2) is 24.3 Å². The molecule has 0 spiro atoms. The first kappa shape index (κ1) is 16.9. The summed E-state index contributed by atoms with van der Waals surface area (Å²) in [6.45, 7) is 9.99. The van der Waals surface area contributed by atoms with Gasteiger partial charge < -0.3 is 4.74 Å². The van der Waals surface area contributed by atoms with Gasteiger partial charge in [0.2, 0.25) is 0 Å². The van der Waals surface area contributed by atoms with E-state index in [1.807, 2.05) is 58.9 Å². The van der Waals surface area contributed by atoms with Crippen molar-refractivity contribution in [1.29, 1.82) is 0 Å². The minimum atomic E-state index is -0.446. The molecule has 1 rings (SSSR count). The molecule has 1 N–H and O–H groups in total. The Labute approximate surface area is 98.8 Å². The van der Waals surface area contributed by atoms with Crippen LogP contribution < -0.4 is 5.32 Å². The summed E-state index contributed by atoms with van der Waals surface area (Å²) in [7, 11) is 1.34. The Balaban J connectivity index is 0. The van der Waals surface area contributed by atoms with Gasteiger partial charge in [-0.25, -0.2) is 4.79 Å². The van der Waals surface area contributed by atoms with Crippen molar-refractivity contribution in [3.8, 4) is 0 Å². The Morgan fingerprint density at radius 2 is 1.50 bits per heavy atom. The van der Waals surface area contributed by atoms with E-state index >= 15 is 0 Å². The first-order valence-electron chi connectivity index (χ1n) is 5.64. The Hall–Kier alpha value is -1.51. The molecular weight excluding hydrogens is 202 g/mol.